The Morgan fingerprint density at radius 3 is 2.65 bits per heavy atom. The van der Waals surface area contributed by atoms with Crippen molar-refractivity contribution in [3.63, 3.8) is 0 Å². The maximum Gasteiger partial charge on any atom is 0.270 e. The maximum atomic E-state index is 12.1. The van der Waals surface area contributed by atoms with Gasteiger partial charge in [-0.25, -0.2) is 0 Å². The molecule has 20 heavy (non-hydrogen) atoms. The van der Waals surface area contributed by atoms with E-state index in [1.165, 1.54) is 0 Å². The highest BCUT2D eigenvalue weighted by Crippen LogP contribution is 2.09. The van der Waals surface area contributed by atoms with Gasteiger partial charge in [0.2, 0.25) is 5.91 Å². The highest BCUT2D eigenvalue weighted by molar-refractivity contribution is 5.96. The molecule has 1 fully saturated rings. The van der Waals surface area contributed by atoms with Crippen LogP contribution in [0.2, 0.25) is 0 Å². The molecular weight excluding hydrogens is 256 g/mol. The first-order chi connectivity index (χ1) is 9.61. The van der Waals surface area contributed by atoms with Crippen molar-refractivity contribution >= 4 is 11.8 Å². The van der Waals surface area contributed by atoms with E-state index in [4.69, 9.17) is 5.73 Å². The summed E-state index contributed by atoms with van der Waals surface area (Å²) in [5, 5.41) is 2.69. The first-order valence-corrected chi connectivity index (χ1v) is 6.86. The molecule has 1 aromatic rings. The van der Waals surface area contributed by atoms with Gasteiger partial charge >= 0.3 is 0 Å². The molecule has 3 N–H and O–H groups in total. The van der Waals surface area contributed by atoms with Crippen molar-refractivity contribution in [3.8, 4) is 0 Å². The lowest BCUT2D eigenvalue weighted by atomic mass is 10.2. The Morgan fingerprint density at radius 2 is 2.10 bits per heavy atom. The Bertz CT molecular complexity index is 480. The molecule has 1 aliphatic heterocycles. The van der Waals surface area contributed by atoms with E-state index in [9.17, 15) is 9.59 Å². The number of pyridine rings is 1. The van der Waals surface area contributed by atoms with Crippen molar-refractivity contribution in [1.29, 1.82) is 0 Å². The van der Waals surface area contributed by atoms with Crippen LogP contribution in [0.3, 0.4) is 0 Å². The first-order valence-electron chi connectivity index (χ1n) is 6.86. The van der Waals surface area contributed by atoms with Gasteiger partial charge in [0.25, 0.3) is 5.91 Å². The summed E-state index contributed by atoms with van der Waals surface area (Å²) in [4.78, 5) is 29.9. The summed E-state index contributed by atoms with van der Waals surface area (Å²) in [5.74, 6) is -0.372. The molecular formula is C14H20N4O2. The Hall–Kier alpha value is -1.95. The van der Waals surface area contributed by atoms with E-state index in [1.54, 1.807) is 30.2 Å². The molecule has 0 radical (unpaired) electrons. The molecule has 1 aromatic heterocycles. The largest absolute Gasteiger partial charge is 0.341 e. The predicted octanol–water partition coefficient (Wildman–Crippen LogP) is 0.281. The predicted molar refractivity (Wildman–Crippen MR) is 74.9 cm³/mol. The zero-order valence-corrected chi connectivity index (χ0v) is 11.6. The topological polar surface area (TPSA) is 88.3 Å². The molecule has 0 aromatic carbocycles. The lowest BCUT2D eigenvalue weighted by Crippen LogP contribution is -2.46. The van der Waals surface area contributed by atoms with Gasteiger partial charge in [-0.15, -0.1) is 0 Å². The van der Waals surface area contributed by atoms with Gasteiger partial charge in [0, 0.05) is 25.8 Å². The fourth-order valence-corrected chi connectivity index (χ4v) is 2.22. The van der Waals surface area contributed by atoms with Crippen LogP contribution in [0.25, 0.3) is 0 Å². The van der Waals surface area contributed by atoms with Crippen LogP contribution in [-0.2, 0) is 11.3 Å². The van der Waals surface area contributed by atoms with Crippen LogP contribution in [0.15, 0.2) is 18.3 Å². The molecule has 6 heteroatoms. The van der Waals surface area contributed by atoms with Crippen LogP contribution in [0.4, 0.5) is 0 Å². The number of amides is 2. The summed E-state index contributed by atoms with van der Waals surface area (Å²) in [6.45, 7) is 3.65. The van der Waals surface area contributed by atoms with E-state index in [0.717, 1.165) is 31.5 Å². The molecule has 0 saturated carbocycles. The van der Waals surface area contributed by atoms with E-state index >= 15 is 0 Å². The summed E-state index contributed by atoms with van der Waals surface area (Å²) in [6.07, 6.45) is 3.64. The molecule has 0 bridgehead atoms. The number of nitrogens with two attached hydrogens (primary N) is 1. The zero-order chi connectivity index (χ0) is 14.5. The van der Waals surface area contributed by atoms with Crippen molar-refractivity contribution in [1.82, 2.24) is 15.2 Å². The molecule has 1 aliphatic rings. The molecule has 2 amide bonds. The van der Waals surface area contributed by atoms with Crippen molar-refractivity contribution in [2.45, 2.75) is 32.4 Å². The van der Waals surface area contributed by atoms with Gasteiger partial charge in [0.05, 0.1) is 0 Å². The van der Waals surface area contributed by atoms with Gasteiger partial charge in [-0.1, -0.05) is 6.07 Å². The summed E-state index contributed by atoms with van der Waals surface area (Å²) in [6, 6.07) is 2.84. The molecule has 0 aliphatic carbocycles. The van der Waals surface area contributed by atoms with Crippen molar-refractivity contribution < 1.29 is 9.59 Å². The monoisotopic (exact) mass is 276 g/mol. The van der Waals surface area contributed by atoms with Crippen LogP contribution in [-0.4, -0.2) is 40.8 Å². The maximum absolute atomic E-state index is 12.1. The molecule has 6 nitrogen and oxygen atoms in total. The SMILES string of the molecule is CC(NC(=O)c1ccc(CN)cn1)C(=O)N1CCCC1. The second kappa shape index (κ2) is 6.47. The van der Waals surface area contributed by atoms with Crippen LogP contribution in [0.1, 0.15) is 35.8 Å². The number of hydrogen-bond acceptors (Lipinski definition) is 4. The van der Waals surface area contributed by atoms with Crippen molar-refractivity contribution in [3.05, 3.63) is 29.6 Å². The number of carbonyl (C=O) groups is 2. The first kappa shape index (κ1) is 14.5. The number of carbonyl (C=O) groups excluding carboxylic acids is 2. The highest BCUT2D eigenvalue weighted by atomic mass is 16.2. The standard InChI is InChI=1S/C14H20N4O2/c1-10(14(20)18-6-2-3-7-18)17-13(19)12-5-4-11(8-15)9-16-12/h4-5,9-10H,2-3,6-8,15H2,1H3,(H,17,19). The molecule has 0 spiro atoms. The van der Waals surface area contributed by atoms with Gasteiger partial charge in [-0.05, 0) is 31.4 Å². The number of nitrogens with one attached hydrogen (secondary N) is 1. The van der Waals surface area contributed by atoms with E-state index < -0.39 is 6.04 Å². The highest BCUT2D eigenvalue weighted by Gasteiger charge is 2.24. The third-order valence-electron chi connectivity index (χ3n) is 3.43. The van der Waals surface area contributed by atoms with Gasteiger partial charge in [-0.2, -0.15) is 0 Å². The fourth-order valence-electron chi connectivity index (χ4n) is 2.22. The Morgan fingerprint density at radius 1 is 1.40 bits per heavy atom. The molecule has 1 unspecified atom stereocenters. The van der Waals surface area contributed by atoms with Crippen molar-refractivity contribution in [2.75, 3.05) is 13.1 Å². The molecule has 108 valence electrons. The molecule has 1 saturated heterocycles. The van der Waals surface area contributed by atoms with Crippen LogP contribution < -0.4 is 11.1 Å². The molecule has 2 rings (SSSR count). The Balaban J connectivity index is 1.93. The van der Waals surface area contributed by atoms with Crippen LogP contribution in [0.5, 0.6) is 0 Å². The number of aromatic nitrogens is 1. The summed E-state index contributed by atoms with van der Waals surface area (Å²) >= 11 is 0. The van der Waals surface area contributed by atoms with Crippen LogP contribution in [0, 0.1) is 0 Å². The number of likely N-dealkylation sites (tertiary alicyclic amines) is 1. The third-order valence-corrected chi connectivity index (χ3v) is 3.43. The second-order valence-corrected chi connectivity index (χ2v) is 4.98. The average Bonchev–Trinajstić information content (AvgIpc) is 3.00. The second-order valence-electron chi connectivity index (χ2n) is 4.98. The Labute approximate surface area is 118 Å². The van der Waals surface area contributed by atoms with E-state index in [0.29, 0.717) is 12.2 Å². The van der Waals surface area contributed by atoms with E-state index in [-0.39, 0.29) is 11.8 Å². The smallest absolute Gasteiger partial charge is 0.270 e. The lowest BCUT2D eigenvalue weighted by Gasteiger charge is -2.20. The van der Waals surface area contributed by atoms with E-state index in [2.05, 4.69) is 10.3 Å². The minimum atomic E-state index is -0.531. The van der Waals surface area contributed by atoms with Crippen molar-refractivity contribution in [2.24, 2.45) is 5.73 Å². The summed E-state index contributed by atoms with van der Waals surface area (Å²) in [7, 11) is 0. The Kier molecular flexibility index (Phi) is 4.68. The van der Waals surface area contributed by atoms with E-state index in [1.807, 2.05) is 0 Å². The minimum Gasteiger partial charge on any atom is -0.341 e. The van der Waals surface area contributed by atoms with Gasteiger partial charge in [0.1, 0.15) is 11.7 Å². The zero-order valence-electron chi connectivity index (χ0n) is 11.6. The quantitative estimate of drug-likeness (QED) is 0.827. The average molecular weight is 276 g/mol. The minimum absolute atomic E-state index is 0.0329. The third kappa shape index (κ3) is 3.33. The number of hydrogen-bond donors (Lipinski definition) is 2. The van der Waals surface area contributed by atoms with Gasteiger partial charge in [0.15, 0.2) is 0 Å². The van der Waals surface area contributed by atoms with Gasteiger partial charge < -0.3 is 16.0 Å². The van der Waals surface area contributed by atoms with Crippen LogP contribution >= 0.6 is 0 Å². The normalized spacial score (nSPS) is 16.0. The number of nitrogens with zero attached hydrogens (tertiary/aromatic N) is 2. The van der Waals surface area contributed by atoms with Gasteiger partial charge in [-0.3, -0.25) is 14.6 Å². The fraction of sp³-hybridized carbons (Fsp3) is 0.500. The number of rotatable bonds is 4. The summed E-state index contributed by atoms with van der Waals surface area (Å²) in [5.41, 5.74) is 6.63. The molecule has 1 atom stereocenters. The summed E-state index contributed by atoms with van der Waals surface area (Å²) < 4.78 is 0. The molecule has 2 heterocycles. The lowest BCUT2D eigenvalue weighted by molar-refractivity contribution is -0.131.